The van der Waals surface area contributed by atoms with Crippen molar-refractivity contribution in [1.29, 1.82) is 0 Å². The van der Waals surface area contributed by atoms with E-state index in [-0.39, 0.29) is 26.4 Å². The van der Waals surface area contributed by atoms with E-state index in [1.54, 1.807) is 13.8 Å². The van der Waals surface area contributed by atoms with Gasteiger partial charge in [0.05, 0.1) is 20.6 Å². The molecule has 8 nitrogen and oxygen atoms in total. The second-order valence-corrected chi connectivity index (χ2v) is 8.75. The molecule has 2 rings (SSSR count). The van der Waals surface area contributed by atoms with Crippen LogP contribution in [0, 0.1) is 13.8 Å². The molecule has 0 amide bonds. The van der Waals surface area contributed by atoms with Crippen LogP contribution in [0.1, 0.15) is 39.0 Å². The van der Waals surface area contributed by atoms with E-state index in [4.69, 9.17) is 27.9 Å². The lowest BCUT2D eigenvalue weighted by molar-refractivity contribution is -0.141. The van der Waals surface area contributed by atoms with Crippen LogP contribution in [0.2, 0.25) is 10.0 Å². The molecule has 0 atom stereocenters. The fourth-order valence-corrected chi connectivity index (χ4v) is 4.06. The molecular formula is C18H18Cl2N2O6S. The SMILES string of the molecule is CC(=O)c1c(C)[nH]c(C(=O)COC(=O)CNS(=O)(=O)c2ccc(Cl)c(Cl)c2)c1C. The second-order valence-electron chi connectivity index (χ2n) is 6.17. The zero-order chi connectivity index (χ0) is 21.9. The Labute approximate surface area is 177 Å². The van der Waals surface area contributed by atoms with Crippen molar-refractivity contribution in [2.24, 2.45) is 0 Å². The third-order valence-electron chi connectivity index (χ3n) is 4.04. The smallest absolute Gasteiger partial charge is 0.321 e. The van der Waals surface area contributed by atoms with Gasteiger partial charge < -0.3 is 9.72 Å². The van der Waals surface area contributed by atoms with E-state index in [2.05, 4.69) is 9.71 Å². The second kappa shape index (κ2) is 9.08. The third kappa shape index (κ3) is 5.45. The minimum absolute atomic E-state index is 0.0456. The van der Waals surface area contributed by atoms with Crippen molar-refractivity contribution in [2.75, 3.05) is 13.2 Å². The number of esters is 1. The van der Waals surface area contributed by atoms with E-state index in [1.807, 2.05) is 0 Å². The summed E-state index contributed by atoms with van der Waals surface area (Å²) in [6.07, 6.45) is 0. The van der Waals surface area contributed by atoms with Crippen molar-refractivity contribution in [3.63, 3.8) is 0 Å². The number of hydrogen-bond acceptors (Lipinski definition) is 6. The average Bonchev–Trinajstić information content (AvgIpc) is 2.94. The molecule has 2 N–H and O–H groups in total. The van der Waals surface area contributed by atoms with Crippen molar-refractivity contribution in [3.8, 4) is 0 Å². The molecule has 0 radical (unpaired) electrons. The highest BCUT2D eigenvalue weighted by molar-refractivity contribution is 7.89. The van der Waals surface area contributed by atoms with Crippen LogP contribution in [0.15, 0.2) is 23.1 Å². The molecule has 1 heterocycles. The van der Waals surface area contributed by atoms with Crippen LogP contribution in [0.25, 0.3) is 0 Å². The van der Waals surface area contributed by atoms with Crippen molar-refractivity contribution in [1.82, 2.24) is 9.71 Å². The summed E-state index contributed by atoms with van der Waals surface area (Å²) < 4.78 is 31.3. The molecule has 0 spiro atoms. The molecule has 11 heteroatoms. The minimum atomic E-state index is -4.03. The Morgan fingerprint density at radius 3 is 2.34 bits per heavy atom. The predicted molar refractivity (Wildman–Crippen MR) is 107 cm³/mol. The Bertz CT molecular complexity index is 1090. The highest BCUT2D eigenvalue weighted by Gasteiger charge is 2.22. The molecule has 29 heavy (non-hydrogen) atoms. The van der Waals surface area contributed by atoms with Gasteiger partial charge in [0.25, 0.3) is 0 Å². The number of carbonyl (C=O) groups excluding carboxylic acids is 3. The summed E-state index contributed by atoms with van der Waals surface area (Å²) >= 11 is 11.5. The Balaban J connectivity index is 1.96. The molecule has 1 aromatic carbocycles. The van der Waals surface area contributed by atoms with Crippen molar-refractivity contribution < 1.29 is 27.5 Å². The van der Waals surface area contributed by atoms with Crippen LogP contribution in [0.3, 0.4) is 0 Å². The molecule has 0 aliphatic heterocycles. The molecule has 0 aliphatic rings. The van der Waals surface area contributed by atoms with Gasteiger partial charge in [-0.1, -0.05) is 23.2 Å². The summed E-state index contributed by atoms with van der Waals surface area (Å²) in [5.41, 5.74) is 1.58. The van der Waals surface area contributed by atoms with Crippen LogP contribution in [-0.2, 0) is 19.6 Å². The van der Waals surface area contributed by atoms with Crippen molar-refractivity contribution in [3.05, 3.63) is 50.8 Å². The highest BCUT2D eigenvalue weighted by Crippen LogP contribution is 2.24. The van der Waals surface area contributed by atoms with Crippen LogP contribution < -0.4 is 4.72 Å². The number of aromatic nitrogens is 1. The first-order chi connectivity index (χ1) is 13.4. The van der Waals surface area contributed by atoms with Gasteiger partial charge in [-0.05, 0) is 44.5 Å². The lowest BCUT2D eigenvalue weighted by atomic mass is 10.1. The molecule has 0 fully saturated rings. The Hall–Kier alpha value is -2.20. The molecular weight excluding hydrogens is 443 g/mol. The zero-order valence-corrected chi connectivity index (χ0v) is 18.1. The first kappa shape index (κ1) is 23.1. The number of H-pyrrole nitrogens is 1. The van der Waals surface area contributed by atoms with E-state index < -0.39 is 34.9 Å². The lowest BCUT2D eigenvalue weighted by Gasteiger charge is -2.08. The zero-order valence-electron chi connectivity index (χ0n) is 15.8. The summed E-state index contributed by atoms with van der Waals surface area (Å²) in [5.74, 6) is -1.68. The number of halogens is 2. The predicted octanol–water partition coefficient (Wildman–Crippen LogP) is 2.85. The Kier molecular flexibility index (Phi) is 7.23. The standard InChI is InChI=1S/C18H18Cl2N2O6S/c1-9-17(11(3)23)10(2)22-18(9)15(24)8-28-16(25)7-21-29(26,27)12-4-5-13(19)14(20)6-12/h4-6,21-22H,7-8H2,1-3H3. The Morgan fingerprint density at radius 1 is 1.14 bits per heavy atom. The van der Waals surface area contributed by atoms with E-state index in [0.717, 1.165) is 6.07 Å². The number of Topliss-reactive ketones (excluding diaryl/α,β-unsaturated/α-hetero) is 2. The molecule has 156 valence electrons. The quantitative estimate of drug-likeness (QED) is 0.461. The third-order valence-corrected chi connectivity index (χ3v) is 6.18. The average molecular weight is 461 g/mol. The number of ether oxygens (including phenoxy) is 1. The number of aromatic amines is 1. The van der Waals surface area contributed by atoms with Gasteiger partial charge in [-0.3, -0.25) is 14.4 Å². The van der Waals surface area contributed by atoms with Gasteiger partial charge in [-0.25, -0.2) is 8.42 Å². The van der Waals surface area contributed by atoms with Crippen LogP contribution in [0.4, 0.5) is 0 Å². The monoisotopic (exact) mass is 460 g/mol. The minimum Gasteiger partial charge on any atom is -0.456 e. The van der Waals surface area contributed by atoms with E-state index in [9.17, 15) is 22.8 Å². The number of ketones is 2. The molecule has 0 aliphatic carbocycles. The van der Waals surface area contributed by atoms with E-state index >= 15 is 0 Å². The number of sulfonamides is 1. The van der Waals surface area contributed by atoms with Crippen molar-refractivity contribution in [2.45, 2.75) is 25.7 Å². The van der Waals surface area contributed by atoms with E-state index in [1.165, 1.54) is 19.1 Å². The molecule has 2 aromatic rings. The number of benzene rings is 1. The van der Waals surface area contributed by atoms with Gasteiger partial charge in [0.1, 0.15) is 6.54 Å². The number of rotatable bonds is 8. The van der Waals surface area contributed by atoms with Gasteiger partial charge in [0.15, 0.2) is 12.4 Å². The largest absolute Gasteiger partial charge is 0.456 e. The number of hydrogen-bond donors (Lipinski definition) is 2. The topological polar surface area (TPSA) is 122 Å². The molecule has 0 unspecified atom stereocenters. The maximum atomic E-state index is 12.3. The number of nitrogens with one attached hydrogen (secondary N) is 2. The van der Waals surface area contributed by atoms with Crippen molar-refractivity contribution >= 4 is 50.8 Å². The van der Waals surface area contributed by atoms with Crippen LogP contribution in [0.5, 0.6) is 0 Å². The molecule has 0 saturated heterocycles. The fourth-order valence-electron chi connectivity index (χ4n) is 2.71. The lowest BCUT2D eigenvalue weighted by Crippen LogP contribution is -2.31. The maximum Gasteiger partial charge on any atom is 0.321 e. The normalized spacial score (nSPS) is 11.3. The molecule has 0 saturated carbocycles. The van der Waals surface area contributed by atoms with Crippen LogP contribution in [-0.4, -0.2) is 44.1 Å². The number of carbonyl (C=O) groups is 3. The van der Waals surface area contributed by atoms with Crippen LogP contribution >= 0.6 is 23.2 Å². The maximum absolute atomic E-state index is 12.3. The first-order valence-electron chi connectivity index (χ1n) is 8.27. The van der Waals surface area contributed by atoms with E-state index in [0.29, 0.717) is 16.8 Å². The summed E-state index contributed by atoms with van der Waals surface area (Å²) in [5, 5.41) is 0.232. The summed E-state index contributed by atoms with van der Waals surface area (Å²) in [6.45, 7) is 3.37. The Morgan fingerprint density at radius 2 is 1.79 bits per heavy atom. The summed E-state index contributed by atoms with van der Waals surface area (Å²) in [6, 6.07) is 3.68. The fraction of sp³-hybridized carbons (Fsp3) is 0.278. The highest BCUT2D eigenvalue weighted by atomic mass is 35.5. The van der Waals surface area contributed by atoms with Gasteiger partial charge in [0.2, 0.25) is 15.8 Å². The molecule has 0 bridgehead atoms. The van der Waals surface area contributed by atoms with Gasteiger partial charge in [-0.2, -0.15) is 4.72 Å². The first-order valence-corrected chi connectivity index (χ1v) is 10.5. The molecule has 1 aromatic heterocycles. The van der Waals surface area contributed by atoms with Gasteiger partial charge in [-0.15, -0.1) is 0 Å². The number of aryl methyl sites for hydroxylation is 1. The van der Waals surface area contributed by atoms with Gasteiger partial charge in [0, 0.05) is 11.3 Å². The summed E-state index contributed by atoms with van der Waals surface area (Å²) in [4.78, 5) is 38.4. The van der Waals surface area contributed by atoms with Gasteiger partial charge >= 0.3 is 5.97 Å². The summed E-state index contributed by atoms with van der Waals surface area (Å²) in [7, 11) is -4.03.